The van der Waals surface area contributed by atoms with E-state index in [1.54, 1.807) is 18.4 Å². The van der Waals surface area contributed by atoms with Gasteiger partial charge >= 0.3 is 0 Å². The van der Waals surface area contributed by atoms with E-state index in [0.29, 0.717) is 0 Å². The first-order chi connectivity index (χ1) is 10.1. The molecule has 1 aromatic heterocycles. The van der Waals surface area contributed by atoms with Crippen LogP contribution >= 0.6 is 11.3 Å². The third-order valence-corrected chi connectivity index (χ3v) is 6.08. The van der Waals surface area contributed by atoms with Crippen LogP contribution in [0.25, 0.3) is 0 Å². The van der Waals surface area contributed by atoms with Crippen molar-refractivity contribution in [1.82, 2.24) is 10.2 Å². The molecule has 4 nitrogen and oxygen atoms in total. The zero-order chi connectivity index (χ0) is 15.0. The van der Waals surface area contributed by atoms with E-state index in [1.165, 1.54) is 0 Å². The van der Waals surface area contributed by atoms with Gasteiger partial charge in [0.2, 0.25) is 5.91 Å². The number of rotatable bonds is 2. The SMILES string of the molecule is CNC(=O)[C@@H]1CCC[C@@]12CCN(C(=O)c1ccsc1C)C2. The summed E-state index contributed by atoms with van der Waals surface area (Å²) in [7, 11) is 1.71. The summed E-state index contributed by atoms with van der Waals surface area (Å²) in [6, 6.07) is 1.91. The Bertz CT molecular complexity index is 568. The molecule has 0 radical (unpaired) electrons. The minimum atomic E-state index is 0.0136. The highest BCUT2D eigenvalue weighted by Gasteiger charge is 2.51. The third kappa shape index (κ3) is 2.37. The van der Waals surface area contributed by atoms with Crippen LogP contribution in [-0.2, 0) is 4.79 Å². The molecular formula is C16H22N2O2S. The van der Waals surface area contributed by atoms with Crippen molar-refractivity contribution in [2.45, 2.75) is 32.6 Å². The van der Waals surface area contributed by atoms with Crippen molar-refractivity contribution in [3.63, 3.8) is 0 Å². The minimum absolute atomic E-state index is 0.0136. The molecule has 0 aromatic carbocycles. The summed E-state index contributed by atoms with van der Waals surface area (Å²) in [6.45, 7) is 3.51. The van der Waals surface area contributed by atoms with Crippen LogP contribution in [0.2, 0.25) is 0 Å². The Hall–Kier alpha value is -1.36. The molecule has 1 N–H and O–H groups in total. The van der Waals surface area contributed by atoms with Crippen molar-refractivity contribution in [3.05, 3.63) is 21.9 Å². The lowest BCUT2D eigenvalue weighted by Gasteiger charge is -2.30. The lowest BCUT2D eigenvalue weighted by molar-refractivity contribution is -0.127. The largest absolute Gasteiger partial charge is 0.359 e. The molecule has 114 valence electrons. The summed E-state index contributed by atoms with van der Waals surface area (Å²) in [5, 5.41) is 4.77. The molecule has 21 heavy (non-hydrogen) atoms. The summed E-state index contributed by atoms with van der Waals surface area (Å²) < 4.78 is 0. The van der Waals surface area contributed by atoms with Crippen molar-refractivity contribution >= 4 is 23.2 Å². The van der Waals surface area contributed by atoms with Crippen LogP contribution in [0.15, 0.2) is 11.4 Å². The zero-order valence-electron chi connectivity index (χ0n) is 12.6. The summed E-state index contributed by atoms with van der Waals surface area (Å²) >= 11 is 1.61. The molecule has 2 amide bonds. The van der Waals surface area contributed by atoms with E-state index in [4.69, 9.17) is 0 Å². The van der Waals surface area contributed by atoms with Crippen LogP contribution in [0, 0.1) is 18.3 Å². The van der Waals surface area contributed by atoms with Gasteiger partial charge in [0.15, 0.2) is 0 Å². The minimum Gasteiger partial charge on any atom is -0.359 e. The molecule has 2 atom stereocenters. The molecule has 5 heteroatoms. The van der Waals surface area contributed by atoms with Gasteiger partial charge in [0.05, 0.1) is 5.56 Å². The maximum Gasteiger partial charge on any atom is 0.254 e. The Morgan fingerprint density at radius 2 is 2.24 bits per heavy atom. The molecule has 1 saturated heterocycles. The molecule has 0 unspecified atom stereocenters. The molecule has 1 aromatic rings. The lowest BCUT2D eigenvalue weighted by atomic mass is 9.76. The second-order valence-corrected chi connectivity index (χ2v) is 7.41. The number of carbonyl (C=O) groups excluding carboxylic acids is 2. The first-order valence-corrected chi connectivity index (χ1v) is 8.50. The Labute approximate surface area is 129 Å². The Morgan fingerprint density at radius 3 is 2.90 bits per heavy atom. The van der Waals surface area contributed by atoms with E-state index in [1.807, 2.05) is 23.3 Å². The standard InChI is InChI=1S/C16H22N2O2S/c1-11-12(5-9-21-11)15(20)18-8-7-16(10-18)6-3-4-13(16)14(19)17-2/h5,9,13H,3-4,6-8,10H2,1-2H3,(H,17,19)/t13-,16-/m0/s1. The van der Waals surface area contributed by atoms with E-state index in [2.05, 4.69) is 5.32 Å². The second kappa shape index (κ2) is 5.44. The number of nitrogens with zero attached hydrogens (tertiary/aromatic N) is 1. The summed E-state index contributed by atoms with van der Waals surface area (Å²) in [4.78, 5) is 27.8. The smallest absolute Gasteiger partial charge is 0.254 e. The molecule has 0 bridgehead atoms. The quantitative estimate of drug-likeness (QED) is 0.912. The Balaban J connectivity index is 1.77. The average Bonchev–Trinajstić information content (AvgIpc) is 3.19. The van der Waals surface area contributed by atoms with Gasteiger partial charge in [0, 0.05) is 36.3 Å². The van der Waals surface area contributed by atoms with Gasteiger partial charge in [-0.2, -0.15) is 0 Å². The normalized spacial score (nSPS) is 28.3. The number of nitrogens with one attached hydrogen (secondary N) is 1. The van der Waals surface area contributed by atoms with Crippen LogP contribution in [-0.4, -0.2) is 36.9 Å². The van der Waals surface area contributed by atoms with Gasteiger partial charge in [-0.3, -0.25) is 9.59 Å². The summed E-state index contributed by atoms with van der Waals surface area (Å²) in [6.07, 6.45) is 4.08. The van der Waals surface area contributed by atoms with Crippen LogP contribution in [0.4, 0.5) is 0 Å². The zero-order valence-corrected chi connectivity index (χ0v) is 13.5. The number of amides is 2. The Morgan fingerprint density at radius 1 is 1.43 bits per heavy atom. The first kappa shape index (κ1) is 14.6. The van der Waals surface area contributed by atoms with Crippen molar-refractivity contribution < 1.29 is 9.59 Å². The van der Waals surface area contributed by atoms with Crippen LogP contribution in [0.3, 0.4) is 0 Å². The van der Waals surface area contributed by atoms with Crippen molar-refractivity contribution in [3.8, 4) is 0 Å². The fraction of sp³-hybridized carbons (Fsp3) is 0.625. The van der Waals surface area contributed by atoms with E-state index in [9.17, 15) is 9.59 Å². The van der Waals surface area contributed by atoms with Gasteiger partial charge in [0.1, 0.15) is 0 Å². The number of hydrogen-bond acceptors (Lipinski definition) is 3. The summed E-state index contributed by atoms with van der Waals surface area (Å²) in [5.74, 6) is 0.352. The second-order valence-electron chi connectivity index (χ2n) is 6.29. The van der Waals surface area contributed by atoms with Gasteiger partial charge in [0.25, 0.3) is 5.91 Å². The maximum absolute atomic E-state index is 12.6. The average molecular weight is 306 g/mol. The predicted octanol–water partition coefficient (Wildman–Crippen LogP) is 2.43. The van der Waals surface area contributed by atoms with E-state index >= 15 is 0 Å². The van der Waals surface area contributed by atoms with Gasteiger partial charge in [-0.05, 0) is 37.6 Å². The molecule has 2 heterocycles. The van der Waals surface area contributed by atoms with Crippen molar-refractivity contribution in [2.75, 3.05) is 20.1 Å². The fourth-order valence-corrected chi connectivity index (χ4v) is 4.75. The lowest BCUT2D eigenvalue weighted by Crippen LogP contribution is -2.40. The van der Waals surface area contributed by atoms with Gasteiger partial charge < -0.3 is 10.2 Å². The van der Waals surface area contributed by atoms with E-state index < -0.39 is 0 Å². The van der Waals surface area contributed by atoms with Gasteiger partial charge in [-0.1, -0.05) is 6.42 Å². The molecule has 1 saturated carbocycles. The number of hydrogen-bond donors (Lipinski definition) is 1. The van der Waals surface area contributed by atoms with E-state index in [-0.39, 0.29) is 23.1 Å². The monoisotopic (exact) mass is 306 g/mol. The van der Waals surface area contributed by atoms with Gasteiger partial charge in [-0.15, -0.1) is 11.3 Å². The summed E-state index contributed by atoms with van der Waals surface area (Å²) in [5.41, 5.74) is 0.839. The number of likely N-dealkylation sites (tertiary alicyclic amines) is 1. The molecule has 2 aliphatic rings. The van der Waals surface area contributed by atoms with E-state index in [0.717, 1.165) is 49.2 Å². The van der Waals surface area contributed by atoms with Crippen molar-refractivity contribution in [2.24, 2.45) is 11.3 Å². The van der Waals surface area contributed by atoms with Crippen LogP contribution in [0.1, 0.15) is 40.9 Å². The molecule has 1 aliphatic carbocycles. The predicted molar refractivity (Wildman–Crippen MR) is 83.4 cm³/mol. The highest BCUT2D eigenvalue weighted by molar-refractivity contribution is 7.10. The number of thiophene rings is 1. The number of carbonyl (C=O) groups is 2. The third-order valence-electron chi connectivity index (χ3n) is 5.23. The highest BCUT2D eigenvalue weighted by atomic mass is 32.1. The molecule has 1 spiro atoms. The molecule has 1 aliphatic heterocycles. The highest BCUT2D eigenvalue weighted by Crippen LogP contribution is 2.50. The Kier molecular flexibility index (Phi) is 3.78. The van der Waals surface area contributed by atoms with Gasteiger partial charge in [-0.25, -0.2) is 0 Å². The fourth-order valence-electron chi connectivity index (χ4n) is 4.06. The molecule has 3 rings (SSSR count). The van der Waals surface area contributed by atoms with Crippen LogP contribution in [0.5, 0.6) is 0 Å². The molecule has 2 fully saturated rings. The maximum atomic E-state index is 12.6. The number of aryl methyl sites for hydroxylation is 1. The first-order valence-electron chi connectivity index (χ1n) is 7.62. The topological polar surface area (TPSA) is 49.4 Å². The van der Waals surface area contributed by atoms with Crippen LogP contribution < -0.4 is 5.32 Å². The molecular weight excluding hydrogens is 284 g/mol. The van der Waals surface area contributed by atoms with Crippen molar-refractivity contribution in [1.29, 1.82) is 0 Å².